The summed E-state index contributed by atoms with van der Waals surface area (Å²) in [6.45, 7) is 1.25. The summed E-state index contributed by atoms with van der Waals surface area (Å²) in [7, 11) is 1.55. The summed E-state index contributed by atoms with van der Waals surface area (Å²) in [5.74, 6) is 0.363. The maximum absolute atomic E-state index is 12.5. The first-order chi connectivity index (χ1) is 12.0. The van der Waals surface area contributed by atoms with E-state index in [-0.39, 0.29) is 11.6 Å². The number of aromatic nitrogens is 2. The molecule has 7 heteroatoms. The summed E-state index contributed by atoms with van der Waals surface area (Å²) in [5, 5.41) is 7.48. The molecule has 0 aliphatic carbocycles. The Morgan fingerprint density at radius 3 is 2.64 bits per heavy atom. The number of carbonyl (C=O) groups is 1. The lowest BCUT2D eigenvalue weighted by molar-refractivity contribution is 0.214. The molecule has 0 radical (unpaired) electrons. The molecule has 25 heavy (non-hydrogen) atoms. The van der Waals surface area contributed by atoms with E-state index in [1.807, 2.05) is 24.3 Å². The third kappa shape index (κ3) is 4.28. The fraction of sp³-hybridized carbons (Fsp3) is 0.278. The van der Waals surface area contributed by atoms with Gasteiger partial charge in [0.1, 0.15) is 0 Å². The van der Waals surface area contributed by atoms with Crippen molar-refractivity contribution in [2.24, 2.45) is 7.05 Å². The van der Waals surface area contributed by atoms with E-state index < -0.39 is 0 Å². The van der Waals surface area contributed by atoms with Crippen LogP contribution in [-0.4, -0.2) is 33.8 Å². The molecule has 0 fully saturated rings. The highest BCUT2D eigenvalue weighted by Gasteiger charge is 2.17. The van der Waals surface area contributed by atoms with Crippen molar-refractivity contribution >= 4 is 29.0 Å². The van der Waals surface area contributed by atoms with Gasteiger partial charge in [0.05, 0.1) is 0 Å². The van der Waals surface area contributed by atoms with E-state index in [9.17, 15) is 9.59 Å². The summed E-state index contributed by atoms with van der Waals surface area (Å²) in [6.07, 6.45) is 3.73. The largest absolute Gasteiger partial charge is 0.324 e. The number of nitrogens with zero attached hydrogens (tertiary/aromatic N) is 3. The zero-order valence-corrected chi connectivity index (χ0v) is 14.7. The molecule has 0 bridgehead atoms. The van der Waals surface area contributed by atoms with Gasteiger partial charge in [0.15, 0.2) is 5.82 Å². The second kappa shape index (κ2) is 7.53. The lowest BCUT2D eigenvalue weighted by Gasteiger charge is -2.21. The number of rotatable bonds is 2. The van der Waals surface area contributed by atoms with Crippen molar-refractivity contribution in [1.82, 2.24) is 14.7 Å². The van der Waals surface area contributed by atoms with Crippen molar-refractivity contribution in [2.75, 3.05) is 18.4 Å². The quantitative estimate of drug-likeness (QED) is 0.896. The molecule has 1 N–H and O–H groups in total. The van der Waals surface area contributed by atoms with Gasteiger partial charge in [-0.25, -0.2) is 9.48 Å². The lowest BCUT2D eigenvalue weighted by atomic mass is 10.0. The molecule has 0 saturated carbocycles. The number of halogens is 1. The number of amides is 2. The Morgan fingerprint density at radius 2 is 1.92 bits per heavy atom. The number of aryl methyl sites for hydroxylation is 1. The van der Waals surface area contributed by atoms with Gasteiger partial charge in [-0.15, -0.1) is 0 Å². The molecule has 2 aromatic rings. The SMILES string of the molecule is Cn1nc(NC(=O)N2CCC=C(c3ccc(Cl)cc3)CC2)ccc1=O. The van der Waals surface area contributed by atoms with Crippen LogP contribution in [0.1, 0.15) is 18.4 Å². The number of hydrogen-bond donors (Lipinski definition) is 1. The Bertz CT molecular complexity index is 858. The highest BCUT2D eigenvalue weighted by molar-refractivity contribution is 6.30. The van der Waals surface area contributed by atoms with Crippen molar-refractivity contribution < 1.29 is 4.79 Å². The van der Waals surface area contributed by atoms with Gasteiger partial charge in [-0.1, -0.05) is 29.8 Å². The number of nitrogens with one attached hydrogen (secondary N) is 1. The first kappa shape index (κ1) is 17.2. The molecule has 6 nitrogen and oxygen atoms in total. The summed E-state index contributed by atoms with van der Waals surface area (Å²) < 4.78 is 1.19. The second-order valence-corrected chi connectivity index (χ2v) is 6.31. The van der Waals surface area contributed by atoms with Gasteiger partial charge in [-0.2, -0.15) is 5.10 Å². The highest BCUT2D eigenvalue weighted by Crippen LogP contribution is 2.23. The minimum atomic E-state index is -0.218. The van der Waals surface area contributed by atoms with Gasteiger partial charge < -0.3 is 4.90 Å². The third-order valence-electron chi connectivity index (χ3n) is 4.14. The van der Waals surface area contributed by atoms with Crippen LogP contribution in [0.25, 0.3) is 5.57 Å². The third-order valence-corrected chi connectivity index (χ3v) is 4.39. The van der Waals surface area contributed by atoms with Crippen molar-refractivity contribution in [1.29, 1.82) is 0 Å². The number of benzene rings is 1. The molecule has 0 spiro atoms. The minimum Gasteiger partial charge on any atom is -0.324 e. The molecule has 0 unspecified atom stereocenters. The normalized spacial score (nSPS) is 14.6. The summed E-state index contributed by atoms with van der Waals surface area (Å²) in [5.41, 5.74) is 2.13. The van der Waals surface area contributed by atoms with Crippen molar-refractivity contribution in [3.05, 3.63) is 63.4 Å². The molecule has 130 valence electrons. The van der Waals surface area contributed by atoms with Crippen LogP contribution in [0, 0.1) is 0 Å². The first-order valence-corrected chi connectivity index (χ1v) is 8.46. The standard InChI is InChI=1S/C18H19ClN4O2/c1-22-17(24)9-8-16(21-22)20-18(25)23-11-2-3-13(10-12-23)14-4-6-15(19)7-5-14/h3-9H,2,10-12H2,1H3,(H,20,21,25). The predicted octanol–water partition coefficient (Wildman–Crippen LogP) is 3.15. The maximum Gasteiger partial charge on any atom is 0.323 e. The first-order valence-electron chi connectivity index (χ1n) is 8.08. The average Bonchev–Trinajstić information content (AvgIpc) is 2.85. The van der Waals surface area contributed by atoms with E-state index in [1.54, 1.807) is 11.9 Å². The van der Waals surface area contributed by atoms with Crippen molar-refractivity contribution in [3.63, 3.8) is 0 Å². The fourth-order valence-corrected chi connectivity index (χ4v) is 2.88. The molecule has 1 aliphatic rings. The smallest absolute Gasteiger partial charge is 0.323 e. The van der Waals surface area contributed by atoms with Crippen LogP contribution in [0.5, 0.6) is 0 Å². The zero-order valence-electron chi connectivity index (χ0n) is 13.9. The van der Waals surface area contributed by atoms with Crippen LogP contribution >= 0.6 is 11.6 Å². The second-order valence-electron chi connectivity index (χ2n) is 5.87. The molecule has 2 amide bonds. The zero-order chi connectivity index (χ0) is 17.8. The van der Waals surface area contributed by atoms with Gasteiger partial charge in [0.2, 0.25) is 0 Å². The highest BCUT2D eigenvalue weighted by atomic mass is 35.5. The summed E-state index contributed by atoms with van der Waals surface area (Å²) in [4.78, 5) is 25.6. The van der Waals surface area contributed by atoms with E-state index >= 15 is 0 Å². The Kier molecular flexibility index (Phi) is 5.19. The fourth-order valence-electron chi connectivity index (χ4n) is 2.75. The van der Waals surface area contributed by atoms with E-state index in [0.717, 1.165) is 18.4 Å². The summed E-state index contributed by atoms with van der Waals surface area (Å²) in [6, 6.07) is 10.4. The summed E-state index contributed by atoms with van der Waals surface area (Å²) >= 11 is 5.94. The number of carbonyl (C=O) groups excluding carboxylic acids is 1. The van der Waals surface area contributed by atoms with Crippen LogP contribution in [-0.2, 0) is 7.05 Å². The minimum absolute atomic E-state index is 0.211. The van der Waals surface area contributed by atoms with Gasteiger partial charge in [0, 0.05) is 31.2 Å². The van der Waals surface area contributed by atoms with Gasteiger partial charge in [-0.05, 0) is 42.2 Å². The lowest BCUT2D eigenvalue weighted by Crippen LogP contribution is -2.36. The Hall–Kier alpha value is -2.60. The molecule has 0 saturated heterocycles. The molecular weight excluding hydrogens is 340 g/mol. The van der Waals surface area contributed by atoms with Crippen LogP contribution in [0.3, 0.4) is 0 Å². The monoisotopic (exact) mass is 358 g/mol. The van der Waals surface area contributed by atoms with E-state index in [1.165, 1.54) is 22.4 Å². The van der Waals surface area contributed by atoms with E-state index in [2.05, 4.69) is 16.5 Å². The van der Waals surface area contributed by atoms with Crippen LogP contribution in [0.15, 0.2) is 47.3 Å². The number of anilines is 1. The molecule has 1 aromatic carbocycles. The molecule has 0 atom stereocenters. The Balaban J connectivity index is 1.63. The number of hydrogen-bond acceptors (Lipinski definition) is 3. The predicted molar refractivity (Wildman–Crippen MR) is 98.7 cm³/mol. The van der Waals surface area contributed by atoms with Crippen molar-refractivity contribution in [3.8, 4) is 0 Å². The van der Waals surface area contributed by atoms with Crippen LogP contribution in [0.4, 0.5) is 10.6 Å². The molecule has 1 aliphatic heterocycles. The topological polar surface area (TPSA) is 67.2 Å². The van der Waals surface area contributed by atoms with Crippen LogP contribution < -0.4 is 10.9 Å². The molecule has 3 rings (SSSR count). The van der Waals surface area contributed by atoms with Crippen LogP contribution in [0.2, 0.25) is 5.02 Å². The molecule has 1 aromatic heterocycles. The number of urea groups is 1. The molecule has 2 heterocycles. The Labute approximate surface area is 150 Å². The van der Waals surface area contributed by atoms with Gasteiger partial charge in [-0.3, -0.25) is 10.1 Å². The van der Waals surface area contributed by atoms with Gasteiger partial charge in [0.25, 0.3) is 5.56 Å². The molecular formula is C18H19ClN4O2. The van der Waals surface area contributed by atoms with E-state index in [4.69, 9.17) is 11.6 Å². The Morgan fingerprint density at radius 1 is 1.16 bits per heavy atom. The van der Waals surface area contributed by atoms with E-state index in [0.29, 0.717) is 23.9 Å². The maximum atomic E-state index is 12.5. The average molecular weight is 359 g/mol. The van der Waals surface area contributed by atoms with Crippen molar-refractivity contribution in [2.45, 2.75) is 12.8 Å². The van der Waals surface area contributed by atoms with Gasteiger partial charge >= 0.3 is 6.03 Å².